The van der Waals surface area contributed by atoms with Crippen LogP contribution in [0.25, 0.3) is 0 Å². The first-order chi connectivity index (χ1) is 8.83. The average Bonchev–Trinajstić information content (AvgIpc) is 2.66. The number of aliphatic imine (C=N–C) groups is 1. The van der Waals surface area contributed by atoms with Gasteiger partial charge >= 0.3 is 0 Å². The molecule has 1 heterocycles. The van der Waals surface area contributed by atoms with Crippen molar-refractivity contribution in [1.82, 2.24) is 0 Å². The predicted molar refractivity (Wildman–Crippen MR) is 74.1 cm³/mol. The van der Waals surface area contributed by atoms with Crippen LogP contribution >= 0.6 is 0 Å². The maximum Gasteiger partial charge on any atom is 0.0842 e. The SMILES string of the molecule is Cc1ccc(C2=N[C@H]3c4ccccc4C[C@@H]23)cc1. The number of hydrogen-bond acceptors (Lipinski definition) is 1. The largest absolute Gasteiger partial charge is 0.280 e. The fraction of sp³-hybridized carbons (Fsp3) is 0.235. The zero-order valence-electron chi connectivity index (χ0n) is 10.4. The molecule has 1 aliphatic heterocycles. The Balaban J connectivity index is 1.70. The van der Waals surface area contributed by atoms with Crippen LogP contribution in [0.3, 0.4) is 0 Å². The Labute approximate surface area is 107 Å². The van der Waals surface area contributed by atoms with E-state index in [1.54, 1.807) is 0 Å². The van der Waals surface area contributed by atoms with E-state index in [0.717, 1.165) is 6.42 Å². The minimum Gasteiger partial charge on any atom is -0.280 e. The van der Waals surface area contributed by atoms with Crippen molar-refractivity contribution in [2.45, 2.75) is 19.4 Å². The van der Waals surface area contributed by atoms with Crippen LogP contribution in [0.2, 0.25) is 0 Å². The van der Waals surface area contributed by atoms with Gasteiger partial charge in [-0.25, -0.2) is 0 Å². The quantitative estimate of drug-likeness (QED) is 0.712. The van der Waals surface area contributed by atoms with Crippen molar-refractivity contribution < 1.29 is 0 Å². The second kappa shape index (κ2) is 3.55. The van der Waals surface area contributed by atoms with Crippen LogP contribution in [0.4, 0.5) is 0 Å². The number of nitrogens with zero attached hydrogens (tertiary/aromatic N) is 1. The number of fused-ring (bicyclic) bond motifs is 3. The molecule has 0 unspecified atom stereocenters. The highest BCUT2D eigenvalue weighted by Crippen LogP contribution is 2.47. The summed E-state index contributed by atoms with van der Waals surface area (Å²) in [4.78, 5) is 4.84. The molecule has 4 rings (SSSR count). The lowest BCUT2D eigenvalue weighted by Gasteiger charge is -2.30. The number of aryl methyl sites for hydroxylation is 1. The molecule has 0 N–H and O–H groups in total. The van der Waals surface area contributed by atoms with Gasteiger partial charge in [-0.15, -0.1) is 0 Å². The molecule has 1 nitrogen and oxygen atoms in total. The summed E-state index contributed by atoms with van der Waals surface area (Å²) in [6, 6.07) is 17.9. The van der Waals surface area contributed by atoms with Gasteiger partial charge in [0, 0.05) is 11.6 Å². The molecular weight excluding hydrogens is 218 g/mol. The Kier molecular flexibility index (Phi) is 1.99. The molecule has 0 radical (unpaired) electrons. The molecule has 0 bridgehead atoms. The lowest BCUT2D eigenvalue weighted by molar-refractivity contribution is 0.541. The molecule has 0 aromatic heterocycles. The van der Waals surface area contributed by atoms with Crippen molar-refractivity contribution in [3.8, 4) is 0 Å². The highest BCUT2D eigenvalue weighted by Gasteiger charge is 2.42. The van der Waals surface area contributed by atoms with Crippen LogP contribution in [-0.2, 0) is 6.42 Å². The Morgan fingerprint density at radius 2 is 1.78 bits per heavy atom. The fourth-order valence-corrected chi connectivity index (χ4v) is 3.16. The van der Waals surface area contributed by atoms with Gasteiger partial charge in [-0.05, 0) is 30.0 Å². The summed E-state index contributed by atoms with van der Waals surface area (Å²) in [5.74, 6) is 0.616. The number of benzene rings is 2. The maximum atomic E-state index is 4.84. The molecule has 2 atom stereocenters. The topological polar surface area (TPSA) is 12.4 Å². The van der Waals surface area contributed by atoms with E-state index >= 15 is 0 Å². The molecular formula is C17H15N. The van der Waals surface area contributed by atoms with Gasteiger partial charge in [0.25, 0.3) is 0 Å². The van der Waals surface area contributed by atoms with Gasteiger partial charge in [0.2, 0.25) is 0 Å². The van der Waals surface area contributed by atoms with E-state index in [0.29, 0.717) is 12.0 Å². The van der Waals surface area contributed by atoms with Gasteiger partial charge in [0.15, 0.2) is 0 Å². The average molecular weight is 233 g/mol. The molecule has 88 valence electrons. The van der Waals surface area contributed by atoms with Crippen molar-refractivity contribution in [2.24, 2.45) is 10.9 Å². The van der Waals surface area contributed by atoms with E-state index < -0.39 is 0 Å². The molecule has 18 heavy (non-hydrogen) atoms. The second-order valence-corrected chi connectivity index (χ2v) is 5.33. The Hall–Kier alpha value is -1.89. The molecule has 2 aliphatic rings. The van der Waals surface area contributed by atoms with Crippen molar-refractivity contribution in [3.05, 3.63) is 70.8 Å². The molecule has 0 saturated carbocycles. The first-order valence-corrected chi connectivity index (χ1v) is 6.55. The zero-order chi connectivity index (χ0) is 12.1. The van der Waals surface area contributed by atoms with Crippen LogP contribution in [0, 0.1) is 12.8 Å². The first kappa shape index (κ1) is 10.1. The molecule has 0 spiro atoms. The van der Waals surface area contributed by atoms with E-state index in [-0.39, 0.29) is 0 Å². The van der Waals surface area contributed by atoms with Gasteiger partial charge in [0.05, 0.1) is 6.04 Å². The highest BCUT2D eigenvalue weighted by molar-refractivity contribution is 6.07. The van der Waals surface area contributed by atoms with E-state index in [4.69, 9.17) is 4.99 Å². The van der Waals surface area contributed by atoms with E-state index in [1.165, 1.54) is 28.0 Å². The minimum absolute atomic E-state index is 0.428. The standard InChI is InChI=1S/C17H15N/c1-11-6-8-12(9-7-11)16-15-10-13-4-2-3-5-14(13)17(15)18-16/h2-9,15,17H,10H2,1H3/t15-,17-/m0/s1. The van der Waals surface area contributed by atoms with E-state index in [9.17, 15) is 0 Å². The highest BCUT2D eigenvalue weighted by atomic mass is 14.9. The van der Waals surface area contributed by atoms with E-state index in [2.05, 4.69) is 55.5 Å². The van der Waals surface area contributed by atoms with Gasteiger partial charge < -0.3 is 0 Å². The predicted octanol–water partition coefficient (Wildman–Crippen LogP) is 3.71. The molecule has 1 heteroatoms. The molecule has 2 aromatic rings. The molecule has 0 amide bonds. The van der Waals surface area contributed by atoms with Crippen molar-refractivity contribution in [2.75, 3.05) is 0 Å². The summed E-state index contributed by atoms with van der Waals surface area (Å²) < 4.78 is 0. The minimum atomic E-state index is 0.428. The Bertz CT molecular complexity index is 637. The third-order valence-electron chi connectivity index (χ3n) is 4.17. The Morgan fingerprint density at radius 3 is 2.61 bits per heavy atom. The molecule has 0 saturated heterocycles. The summed E-state index contributed by atoms with van der Waals surface area (Å²) in [6.45, 7) is 2.13. The third-order valence-corrected chi connectivity index (χ3v) is 4.17. The van der Waals surface area contributed by atoms with Gasteiger partial charge in [0.1, 0.15) is 0 Å². The number of hydrogen-bond donors (Lipinski definition) is 0. The summed E-state index contributed by atoms with van der Waals surface area (Å²) in [6.07, 6.45) is 1.16. The van der Waals surface area contributed by atoms with Crippen molar-refractivity contribution >= 4 is 5.71 Å². The molecule has 1 aliphatic carbocycles. The molecule has 2 aromatic carbocycles. The summed E-state index contributed by atoms with van der Waals surface area (Å²) in [5, 5.41) is 0. The lowest BCUT2D eigenvalue weighted by atomic mass is 9.84. The van der Waals surface area contributed by atoms with Gasteiger partial charge in [-0.2, -0.15) is 0 Å². The van der Waals surface area contributed by atoms with Crippen molar-refractivity contribution in [1.29, 1.82) is 0 Å². The number of rotatable bonds is 1. The van der Waals surface area contributed by atoms with Crippen LogP contribution in [-0.4, -0.2) is 5.71 Å². The van der Waals surface area contributed by atoms with Crippen LogP contribution in [0.5, 0.6) is 0 Å². The molecule has 0 fully saturated rings. The van der Waals surface area contributed by atoms with Crippen LogP contribution < -0.4 is 0 Å². The lowest BCUT2D eigenvalue weighted by Crippen LogP contribution is -2.29. The smallest absolute Gasteiger partial charge is 0.0842 e. The summed E-state index contributed by atoms with van der Waals surface area (Å²) in [5.41, 5.74) is 6.84. The van der Waals surface area contributed by atoms with Gasteiger partial charge in [-0.3, -0.25) is 4.99 Å². The maximum absolute atomic E-state index is 4.84. The monoisotopic (exact) mass is 233 g/mol. The Morgan fingerprint density at radius 1 is 1.00 bits per heavy atom. The first-order valence-electron chi connectivity index (χ1n) is 6.55. The van der Waals surface area contributed by atoms with Crippen LogP contribution in [0.15, 0.2) is 53.5 Å². The van der Waals surface area contributed by atoms with Gasteiger partial charge in [-0.1, -0.05) is 54.1 Å². The van der Waals surface area contributed by atoms with Crippen molar-refractivity contribution in [3.63, 3.8) is 0 Å². The van der Waals surface area contributed by atoms with Crippen LogP contribution in [0.1, 0.15) is 28.3 Å². The third kappa shape index (κ3) is 1.30. The second-order valence-electron chi connectivity index (χ2n) is 5.33. The fourth-order valence-electron chi connectivity index (χ4n) is 3.16. The normalized spacial score (nSPS) is 23.9. The zero-order valence-corrected chi connectivity index (χ0v) is 10.4. The van der Waals surface area contributed by atoms with E-state index in [1.807, 2.05) is 0 Å². The summed E-state index contributed by atoms with van der Waals surface area (Å²) >= 11 is 0. The summed E-state index contributed by atoms with van der Waals surface area (Å²) in [7, 11) is 0.